The molecule has 2 bridgehead atoms. The fourth-order valence-corrected chi connectivity index (χ4v) is 7.79. The smallest absolute Gasteiger partial charge is 0.349 e. The molecule has 240 valence electrons. The number of ether oxygens (including phenoxy) is 5. The van der Waals surface area contributed by atoms with Crippen LogP contribution in [-0.4, -0.2) is 81.8 Å². The molecule has 2 aliphatic heterocycles. The Bertz CT molecular complexity index is 1670. The molecule has 0 radical (unpaired) electrons. The fraction of sp³-hybridized carbons (Fsp3) is 0.515. The van der Waals surface area contributed by atoms with E-state index in [2.05, 4.69) is 5.73 Å². The van der Waals surface area contributed by atoms with Crippen molar-refractivity contribution in [2.24, 2.45) is 10.8 Å². The van der Waals surface area contributed by atoms with E-state index in [-0.39, 0.29) is 29.9 Å². The minimum Gasteiger partial charge on any atom is -0.507 e. The molecule has 0 aromatic heterocycles. The lowest BCUT2D eigenvalue weighted by Crippen LogP contribution is -2.79. The SMILES string of the molecule is COC(=O)C12C=C(OC)C(Cl)(C(=O)C13OC(=O)c1c(O)cc(C)cc1O3)C(C)(C=C=C1CC(O)C3OC3(CC=C(C)C)C1O)C2. The summed E-state index contributed by atoms with van der Waals surface area (Å²) >= 11 is 7.28. The molecule has 8 unspecified atom stereocenters. The van der Waals surface area contributed by atoms with Crippen molar-refractivity contribution in [1.82, 2.24) is 0 Å². The third-order valence-corrected chi connectivity index (χ3v) is 10.6. The molecule has 1 aromatic carbocycles. The number of carbonyl (C=O) groups excluding carboxylic acids is 3. The number of aliphatic hydroxyl groups excluding tert-OH is 2. The van der Waals surface area contributed by atoms with E-state index < -0.39 is 68.9 Å². The highest BCUT2D eigenvalue weighted by Gasteiger charge is 2.83. The van der Waals surface area contributed by atoms with Crippen molar-refractivity contribution in [2.45, 2.75) is 81.5 Å². The number of hydrogen-bond donors (Lipinski definition) is 3. The summed E-state index contributed by atoms with van der Waals surface area (Å²) in [6, 6.07) is 2.78. The molecule has 3 N–H and O–H groups in total. The van der Waals surface area contributed by atoms with Gasteiger partial charge >= 0.3 is 17.7 Å². The van der Waals surface area contributed by atoms with E-state index in [1.807, 2.05) is 19.9 Å². The van der Waals surface area contributed by atoms with E-state index in [1.165, 1.54) is 31.4 Å². The number of phenols is 1. The lowest BCUT2D eigenvalue weighted by molar-refractivity contribution is -0.244. The van der Waals surface area contributed by atoms with E-state index in [4.69, 9.17) is 35.3 Å². The molecule has 0 amide bonds. The number of aromatic hydroxyl groups is 1. The number of carbonyl (C=O) groups is 3. The molecular weight excluding hydrogens is 608 g/mol. The Morgan fingerprint density at radius 2 is 1.91 bits per heavy atom. The Kier molecular flexibility index (Phi) is 6.94. The molecular formula is C33H35ClO11. The number of phenolic OH excluding ortho intramolecular Hbond substituents is 1. The van der Waals surface area contributed by atoms with Crippen molar-refractivity contribution in [3.8, 4) is 11.5 Å². The summed E-state index contributed by atoms with van der Waals surface area (Å²) in [4.78, 5) is 39.9. The quantitative estimate of drug-likeness (QED) is 0.142. The van der Waals surface area contributed by atoms with Crippen LogP contribution in [-0.2, 0) is 28.5 Å². The first-order valence-electron chi connectivity index (χ1n) is 14.6. The Morgan fingerprint density at radius 3 is 2.56 bits per heavy atom. The number of hydrogen-bond acceptors (Lipinski definition) is 11. The van der Waals surface area contributed by atoms with Gasteiger partial charge < -0.3 is 39.0 Å². The van der Waals surface area contributed by atoms with Crippen LogP contribution in [0.5, 0.6) is 11.5 Å². The van der Waals surface area contributed by atoms with Crippen LogP contribution in [0.15, 0.2) is 53.0 Å². The number of epoxide rings is 1. The van der Waals surface area contributed by atoms with Crippen molar-refractivity contribution < 1.29 is 53.4 Å². The van der Waals surface area contributed by atoms with Gasteiger partial charge in [-0.15, -0.1) is 17.3 Å². The monoisotopic (exact) mass is 642 g/mol. The average Bonchev–Trinajstić information content (AvgIpc) is 3.73. The average molecular weight is 643 g/mol. The highest BCUT2D eigenvalue weighted by atomic mass is 35.5. The summed E-state index contributed by atoms with van der Waals surface area (Å²) in [5, 5.41) is 32.6. The summed E-state index contributed by atoms with van der Waals surface area (Å²) in [6.45, 7) is 7.11. The van der Waals surface area contributed by atoms with Crippen LogP contribution in [0.1, 0.15) is 56.0 Å². The second kappa shape index (κ2) is 9.95. The second-order valence-corrected chi connectivity index (χ2v) is 13.6. The minimum absolute atomic E-state index is 0.0532. The van der Waals surface area contributed by atoms with Crippen LogP contribution in [0.2, 0.25) is 0 Å². The lowest BCUT2D eigenvalue weighted by atomic mass is 9.49. The van der Waals surface area contributed by atoms with Gasteiger partial charge in [0.1, 0.15) is 40.6 Å². The number of halogens is 1. The summed E-state index contributed by atoms with van der Waals surface area (Å²) in [7, 11) is 2.40. The number of Topliss-reactive ketones (excluding diaryl/α,β-unsaturated/α-hetero) is 1. The van der Waals surface area contributed by atoms with Gasteiger partial charge in [-0.05, 0) is 57.0 Å². The van der Waals surface area contributed by atoms with Gasteiger partial charge in [-0.2, -0.15) is 0 Å². The maximum atomic E-state index is 14.8. The van der Waals surface area contributed by atoms with E-state index in [0.717, 1.165) is 12.7 Å². The lowest BCUT2D eigenvalue weighted by Gasteiger charge is -2.61. The predicted molar refractivity (Wildman–Crippen MR) is 157 cm³/mol. The zero-order chi connectivity index (χ0) is 32.9. The first-order valence-corrected chi connectivity index (χ1v) is 14.9. The number of aryl methyl sites for hydroxylation is 1. The fourth-order valence-electron chi connectivity index (χ4n) is 7.41. The zero-order valence-electron chi connectivity index (χ0n) is 25.7. The van der Waals surface area contributed by atoms with Crippen LogP contribution in [0.25, 0.3) is 0 Å². The molecule has 12 heteroatoms. The molecule has 4 aliphatic carbocycles. The van der Waals surface area contributed by atoms with Gasteiger partial charge in [0, 0.05) is 23.8 Å². The third-order valence-electron chi connectivity index (χ3n) is 9.79. The normalized spacial score (nSPS) is 39.0. The van der Waals surface area contributed by atoms with Crippen LogP contribution >= 0.6 is 11.6 Å². The number of allylic oxidation sites excluding steroid dienone is 2. The maximum Gasteiger partial charge on any atom is 0.349 e. The molecule has 11 nitrogen and oxygen atoms in total. The minimum atomic E-state index is -2.61. The summed E-state index contributed by atoms with van der Waals surface area (Å²) in [5.74, 6) is -6.37. The number of aliphatic hydroxyl groups is 2. The molecule has 2 heterocycles. The Hall–Kier alpha value is -3.60. The first kappa shape index (κ1) is 31.4. The number of alkyl halides is 1. The Morgan fingerprint density at radius 1 is 1.20 bits per heavy atom. The molecule has 8 atom stereocenters. The molecule has 1 spiro atoms. The molecule has 7 rings (SSSR count). The predicted octanol–water partition coefficient (Wildman–Crippen LogP) is 3.31. The summed E-state index contributed by atoms with van der Waals surface area (Å²) < 4.78 is 28.5. The maximum absolute atomic E-state index is 14.8. The van der Waals surface area contributed by atoms with Crippen molar-refractivity contribution in [1.29, 1.82) is 0 Å². The number of fused-ring (bicyclic) bond motifs is 3. The van der Waals surface area contributed by atoms with Crippen LogP contribution in [0, 0.1) is 17.8 Å². The molecule has 3 fully saturated rings. The largest absolute Gasteiger partial charge is 0.507 e. The van der Waals surface area contributed by atoms with Gasteiger partial charge in [0.25, 0.3) is 0 Å². The summed E-state index contributed by atoms with van der Waals surface area (Å²) in [6.07, 6.45) is 2.30. The third kappa shape index (κ3) is 3.98. The molecule has 2 saturated carbocycles. The highest BCUT2D eigenvalue weighted by Crippen LogP contribution is 2.68. The molecule has 1 aromatic rings. The summed E-state index contributed by atoms with van der Waals surface area (Å²) in [5.41, 5.74) is 0.0716. The molecule has 1 saturated heterocycles. The second-order valence-electron chi connectivity index (χ2n) is 13.0. The molecule has 45 heavy (non-hydrogen) atoms. The van der Waals surface area contributed by atoms with Crippen molar-refractivity contribution in [3.05, 3.63) is 64.1 Å². The standard InChI is InChI=1S/C33H35ClO11/c1-16(2)7-10-31-24(37)18(13-20(36)25(31)44-31)8-9-29(4)15-30(28(40)42-6)14-22(41-5)32(29,34)27(39)33(30)43-21-12-17(3)11-19(35)23(21)26(38)45-33/h7,9,11-12,14,20,24-25,35-37H,10,13,15H2,1-6H3. The van der Waals surface area contributed by atoms with Crippen LogP contribution in [0.3, 0.4) is 0 Å². The topological polar surface area (TPSA) is 161 Å². The Labute approximate surface area is 264 Å². The van der Waals surface area contributed by atoms with E-state index in [0.29, 0.717) is 17.6 Å². The van der Waals surface area contributed by atoms with Gasteiger partial charge in [-0.3, -0.25) is 9.59 Å². The zero-order valence-corrected chi connectivity index (χ0v) is 26.5. The van der Waals surface area contributed by atoms with Crippen LogP contribution < -0.4 is 4.74 Å². The van der Waals surface area contributed by atoms with Gasteiger partial charge in [-0.25, -0.2) is 4.79 Å². The molecule has 6 aliphatic rings. The number of rotatable bonds is 5. The number of methoxy groups -OCH3 is 2. The van der Waals surface area contributed by atoms with Crippen molar-refractivity contribution >= 4 is 29.3 Å². The number of benzene rings is 1. The van der Waals surface area contributed by atoms with Crippen molar-refractivity contribution in [3.63, 3.8) is 0 Å². The van der Waals surface area contributed by atoms with Crippen LogP contribution in [0.4, 0.5) is 0 Å². The number of ketones is 1. The number of esters is 2. The van der Waals surface area contributed by atoms with Gasteiger partial charge in [0.05, 0.1) is 20.3 Å². The van der Waals surface area contributed by atoms with Gasteiger partial charge in [-0.1, -0.05) is 18.6 Å². The van der Waals surface area contributed by atoms with E-state index in [9.17, 15) is 29.7 Å². The van der Waals surface area contributed by atoms with Crippen molar-refractivity contribution in [2.75, 3.05) is 14.2 Å². The Balaban J connectivity index is 1.51. The van der Waals surface area contributed by atoms with E-state index >= 15 is 0 Å². The first-order chi connectivity index (χ1) is 21.1. The van der Waals surface area contributed by atoms with Gasteiger partial charge in [0.15, 0.2) is 10.3 Å². The van der Waals surface area contributed by atoms with Gasteiger partial charge in [0.2, 0.25) is 5.78 Å². The highest BCUT2D eigenvalue weighted by molar-refractivity contribution is 6.41. The van der Waals surface area contributed by atoms with E-state index in [1.54, 1.807) is 13.8 Å².